The van der Waals surface area contributed by atoms with Crippen molar-refractivity contribution in [3.05, 3.63) is 28.8 Å². The Morgan fingerprint density at radius 2 is 2.11 bits per heavy atom. The van der Waals surface area contributed by atoms with Crippen LogP contribution in [0.4, 0.5) is 0 Å². The smallest absolute Gasteiger partial charge is 0.125 e. The second-order valence-electron chi connectivity index (χ2n) is 5.66. The summed E-state index contributed by atoms with van der Waals surface area (Å²) in [6, 6.07) is 4.66. The van der Waals surface area contributed by atoms with Crippen molar-refractivity contribution in [1.82, 2.24) is 5.32 Å². The Hall–Kier alpha value is -1.02. The summed E-state index contributed by atoms with van der Waals surface area (Å²) in [7, 11) is 1.77. The molecular weight excluding hydrogens is 222 g/mol. The van der Waals surface area contributed by atoms with E-state index in [2.05, 4.69) is 38.2 Å². The van der Waals surface area contributed by atoms with E-state index in [1.807, 2.05) is 0 Å². The Morgan fingerprint density at radius 1 is 1.33 bits per heavy atom. The fourth-order valence-corrected chi connectivity index (χ4v) is 2.91. The van der Waals surface area contributed by atoms with Gasteiger partial charge in [0.15, 0.2) is 0 Å². The van der Waals surface area contributed by atoms with Gasteiger partial charge in [-0.25, -0.2) is 0 Å². The lowest BCUT2D eigenvalue weighted by atomic mass is 9.87. The zero-order valence-electron chi connectivity index (χ0n) is 12.0. The van der Waals surface area contributed by atoms with E-state index in [1.54, 1.807) is 7.11 Å². The highest BCUT2D eigenvalue weighted by molar-refractivity contribution is 5.46. The Morgan fingerprint density at radius 3 is 2.67 bits per heavy atom. The molecule has 1 fully saturated rings. The molecule has 0 radical (unpaired) electrons. The maximum absolute atomic E-state index is 5.56. The molecule has 18 heavy (non-hydrogen) atoms. The van der Waals surface area contributed by atoms with Crippen molar-refractivity contribution in [3.8, 4) is 5.75 Å². The SMILES string of the molecule is COc1c(C)cc(C2CCCNC2)cc1C(C)C. The van der Waals surface area contributed by atoms with Gasteiger partial charge >= 0.3 is 0 Å². The monoisotopic (exact) mass is 247 g/mol. The molecule has 0 aliphatic carbocycles. The van der Waals surface area contributed by atoms with E-state index in [0.29, 0.717) is 11.8 Å². The molecule has 1 N–H and O–H groups in total. The molecule has 1 aliphatic rings. The predicted octanol–water partition coefficient (Wildman–Crippen LogP) is 3.59. The first-order valence-electron chi connectivity index (χ1n) is 7.02. The van der Waals surface area contributed by atoms with Gasteiger partial charge in [0.05, 0.1) is 7.11 Å². The zero-order chi connectivity index (χ0) is 13.1. The maximum Gasteiger partial charge on any atom is 0.125 e. The van der Waals surface area contributed by atoms with Crippen LogP contribution in [0.1, 0.15) is 55.2 Å². The molecule has 1 aromatic rings. The third-order valence-corrected chi connectivity index (χ3v) is 3.92. The summed E-state index contributed by atoms with van der Waals surface area (Å²) in [6.07, 6.45) is 2.59. The molecule has 2 nitrogen and oxygen atoms in total. The highest BCUT2D eigenvalue weighted by Crippen LogP contribution is 2.34. The van der Waals surface area contributed by atoms with Gasteiger partial charge in [-0.3, -0.25) is 0 Å². The van der Waals surface area contributed by atoms with Crippen LogP contribution in [0.15, 0.2) is 12.1 Å². The standard InChI is InChI=1S/C16H25NO/c1-11(2)15-9-14(8-12(3)16(15)18-4)13-6-5-7-17-10-13/h8-9,11,13,17H,5-7,10H2,1-4H3. The van der Waals surface area contributed by atoms with Crippen LogP contribution in [-0.2, 0) is 0 Å². The molecule has 2 rings (SSSR count). The van der Waals surface area contributed by atoms with Crippen LogP contribution in [0.25, 0.3) is 0 Å². The Balaban J connectivity index is 2.37. The molecule has 1 unspecified atom stereocenters. The van der Waals surface area contributed by atoms with E-state index in [1.165, 1.54) is 36.1 Å². The number of nitrogens with one attached hydrogen (secondary N) is 1. The summed E-state index contributed by atoms with van der Waals surface area (Å²) in [6.45, 7) is 8.91. The van der Waals surface area contributed by atoms with Crippen molar-refractivity contribution < 1.29 is 4.74 Å². The molecule has 0 aromatic heterocycles. The minimum Gasteiger partial charge on any atom is -0.496 e. The quantitative estimate of drug-likeness (QED) is 0.881. The highest BCUT2D eigenvalue weighted by atomic mass is 16.5. The van der Waals surface area contributed by atoms with E-state index in [4.69, 9.17) is 4.74 Å². The molecular formula is C16H25NO. The molecule has 1 aliphatic heterocycles. The summed E-state index contributed by atoms with van der Waals surface area (Å²) < 4.78 is 5.56. The lowest BCUT2D eigenvalue weighted by Gasteiger charge is -2.25. The summed E-state index contributed by atoms with van der Waals surface area (Å²) in [5.41, 5.74) is 4.09. The Bertz CT molecular complexity index is 406. The van der Waals surface area contributed by atoms with E-state index in [9.17, 15) is 0 Å². The summed E-state index contributed by atoms with van der Waals surface area (Å²) in [5.74, 6) is 2.24. The van der Waals surface area contributed by atoms with Crippen LogP contribution in [0.3, 0.4) is 0 Å². The first-order chi connectivity index (χ1) is 8.63. The minimum absolute atomic E-state index is 0.509. The Kier molecular flexibility index (Phi) is 4.28. The number of ether oxygens (including phenoxy) is 1. The molecule has 2 heteroatoms. The van der Waals surface area contributed by atoms with E-state index in [0.717, 1.165) is 12.3 Å². The predicted molar refractivity (Wildman–Crippen MR) is 76.7 cm³/mol. The second kappa shape index (κ2) is 5.75. The van der Waals surface area contributed by atoms with Gasteiger partial charge in [-0.15, -0.1) is 0 Å². The van der Waals surface area contributed by atoms with Gasteiger partial charge in [0.2, 0.25) is 0 Å². The third kappa shape index (κ3) is 2.69. The van der Waals surface area contributed by atoms with Crippen molar-refractivity contribution in [2.45, 2.75) is 45.4 Å². The number of rotatable bonds is 3. The average Bonchev–Trinajstić information content (AvgIpc) is 2.38. The van der Waals surface area contributed by atoms with Gasteiger partial charge in [0.1, 0.15) is 5.75 Å². The fraction of sp³-hybridized carbons (Fsp3) is 0.625. The lowest BCUT2D eigenvalue weighted by Crippen LogP contribution is -2.28. The van der Waals surface area contributed by atoms with Gasteiger partial charge in [0.25, 0.3) is 0 Å². The van der Waals surface area contributed by atoms with Crippen molar-refractivity contribution in [2.24, 2.45) is 0 Å². The molecule has 0 bridgehead atoms. The summed E-state index contributed by atoms with van der Waals surface area (Å²) in [4.78, 5) is 0. The van der Waals surface area contributed by atoms with Gasteiger partial charge in [-0.05, 0) is 54.8 Å². The van der Waals surface area contributed by atoms with Crippen LogP contribution in [0.2, 0.25) is 0 Å². The molecule has 0 saturated carbocycles. The van der Waals surface area contributed by atoms with Crippen LogP contribution >= 0.6 is 0 Å². The van der Waals surface area contributed by atoms with Crippen LogP contribution < -0.4 is 10.1 Å². The molecule has 0 amide bonds. The average molecular weight is 247 g/mol. The van der Waals surface area contributed by atoms with Gasteiger partial charge in [-0.2, -0.15) is 0 Å². The number of aryl methyl sites for hydroxylation is 1. The first-order valence-corrected chi connectivity index (χ1v) is 7.02. The molecule has 1 atom stereocenters. The number of hydrogen-bond donors (Lipinski definition) is 1. The van der Waals surface area contributed by atoms with Crippen molar-refractivity contribution >= 4 is 0 Å². The Labute approximate surface area is 111 Å². The molecule has 1 saturated heterocycles. The van der Waals surface area contributed by atoms with Crippen LogP contribution in [-0.4, -0.2) is 20.2 Å². The highest BCUT2D eigenvalue weighted by Gasteiger charge is 2.19. The van der Waals surface area contributed by atoms with Crippen LogP contribution in [0.5, 0.6) is 5.75 Å². The second-order valence-corrected chi connectivity index (χ2v) is 5.66. The number of methoxy groups -OCH3 is 1. The fourth-order valence-electron chi connectivity index (χ4n) is 2.91. The number of benzene rings is 1. The topological polar surface area (TPSA) is 21.3 Å². The first kappa shape index (κ1) is 13.4. The summed E-state index contributed by atoms with van der Waals surface area (Å²) in [5, 5.41) is 3.50. The van der Waals surface area contributed by atoms with Gasteiger partial charge < -0.3 is 10.1 Å². The van der Waals surface area contributed by atoms with Crippen molar-refractivity contribution in [1.29, 1.82) is 0 Å². The molecule has 1 heterocycles. The molecule has 0 spiro atoms. The maximum atomic E-state index is 5.56. The van der Waals surface area contributed by atoms with Gasteiger partial charge in [0, 0.05) is 6.54 Å². The number of piperidine rings is 1. The van der Waals surface area contributed by atoms with Crippen LogP contribution in [0, 0.1) is 6.92 Å². The molecule has 1 aromatic carbocycles. The van der Waals surface area contributed by atoms with E-state index >= 15 is 0 Å². The zero-order valence-corrected chi connectivity index (χ0v) is 12.0. The van der Waals surface area contributed by atoms with E-state index < -0.39 is 0 Å². The van der Waals surface area contributed by atoms with Crippen molar-refractivity contribution in [3.63, 3.8) is 0 Å². The normalized spacial score (nSPS) is 20.2. The lowest BCUT2D eigenvalue weighted by molar-refractivity contribution is 0.403. The largest absolute Gasteiger partial charge is 0.496 e. The summed E-state index contributed by atoms with van der Waals surface area (Å²) >= 11 is 0. The molecule has 100 valence electrons. The van der Waals surface area contributed by atoms with Crippen molar-refractivity contribution in [2.75, 3.05) is 20.2 Å². The van der Waals surface area contributed by atoms with E-state index in [-0.39, 0.29) is 0 Å². The van der Waals surface area contributed by atoms with Gasteiger partial charge in [-0.1, -0.05) is 26.0 Å². The third-order valence-electron chi connectivity index (χ3n) is 3.92. The number of hydrogen-bond acceptors (Lipinski definition) is 2. The minimum atomic E-state index is 0.509.